The molecule has 0 spiro atoms. The summed E-state index contributed by atoms with van der Waals surface area (Å²) in [6, 6.07) is 9.82. The lowest BCUT2D eigenvalue weighted by Gasteiger charge is -2.18. The Morgan fingerprint density at radius 1 is 1.33 bits per heavy atom. The number of benzene rings is 1. The molecule has 27 heavy (non-hydrogen) atoms. The number of nitrogens with zero attached hydrogens (tertiary/aromatic N) is 2. The van der Waals surface area contributed by atoms with Crippen LogP contribution in [0.5, 0.6) is 5.88 Å². The van der Waals surface area contributed by atoms with Gasteiger partial charge in [0.15, 0.2) is 6.61 Å². The summed E-state index contributed by atoms with van der Waals surface area (Å²) in [4.78, 5) is 23.4. The van der Waals surface area contributed by atoms with Gasteiger partial charge >= 0.3 is 0 Å². The van der Waals surface area contributed by atoms with Crippen LogP contribution in [0.1, 0.15) is 42.3 Å². The number of fused-ring (bicyclic) bond motifs is 3. The zero-order chi connectivity index (χ0) is 18.8. The molecule has 0 saturated heterocycles. The normalized spacial score (nSPS) is 17.3. The lowest BCUT2D eigenvalue weighted by Crippen LogP contribution is -2.31. The molecule has 3 aromatic rings. The van der Waals surface area contributed by atoms with Crippen molar-refractivity contribution in [2.24, 2.45) is 5.92 Å². The number of aromatic nitrogens is 2. The molecule has 2 atom stereocenters. The Labute approximate surface area is 162 Å². The molecule has 1 amide bonds. The van der Waals surface area contributed by atoms with E-state index in [1.807, 2.05) is 37.3 Å². The fraction of sp³-hybridized carbons (Fsp3) is 0.381. The smallest absolute Gasteiger partial charge is 0.258 e. The Morgan fingerprint density at radius 2 is 2.15 bits per heavy atom. The van der Waals surface area contributed by atoms with Gasteiger partial charge in [-0.15, -0.1) is 11.3 Å². The fourth-order valence-corrected chi connectivity index (χ4v) is 4.94. The summed E-state index contributed by atoms with van der Waals surface area (Å²) < 4.78 is 5.81. The quantitative estimate of drug-likeness (QED) is 0.723. The van der Waals surface area contributed by atoms with Gasteiger partial charge in [-0.25, -0.2) is 9.97 Å². The maximum Gasteiger partial charge on any atom is 0.258 e. The van der Waals surface area contributed by atoms with Gasteiger partial charge in [-0.3, -0.25) is 4.79 Å². The number of hydrogen-bond donors (Lipinski definition) is 1. The number of thiophene rings is 1. The number of amides is 1. The summed E-state index contributed by atoms with van der Waals surface area (Å²) in [7, 11) is 0. The number of nitrogens with one attached hydrogen (secondary N) is 1. The Morgan fingerprint density at radius 3 is 2.96 bits per heavy atom. The molecule has 0 aliphatic heterocycles. The van der Waals surface area contributed by atoms with Gasteiger partial charge in [0.05, 0.1) is 11.4 Å². The van der Waals surface area contributed by atoms with E-state index in [0.29, 0.717) is 11.8 Å². The Balaban J connectivity index is 1.47. The summed E-state index contributed by atoms with van der Waals surface area (Å²) in [6.45, 7) is 4.20. The van der Waals surface area contributed by atoms with Crippen LogP contribution < -0.4 is 10.1 Å². The molecule has 1 aliphatic carbocycles. The van der Waals surface area contributed by atoms with Gasteiger partial charge in [-0.2, -0.15) is 0 Å². The van der Waals surface area contributed by atoms with E-state index >= 15 is 0 Å². The second-order valence-corrected chi connectivity index (χ2v) is 8.28. The van der Waals surface area contributed by atoms with Crippen LogP contribution in [-0.4, -0.2) is 22.5 Å². The van der Waals surface area contributed by atoms with E-state index in [0.717, 1.165) is 28.6 Å². The molecule has 2 aromatic heterocycles. The molecule has 4 rings (SSSR count). The molecule has 0 saturated carbocycles. The first kappa shape index (κ1) is 17.9. The van der Waals surface area contributed by atoms with Crippen LogP contribution in [0, 0.1) is 5.92 Å². The van der Waals surface area contributed by atoms with Gasteiger partial charge in [0, 0.05) is 4.88 Å². The molecular weight excluding hydrogens is 358 g/mol. The molecule has 0 fully saturated rings. The van der Waals surface area contributed by atoms with E-state index in [1.54, 1.807) is 11.3 Å². The third kappa shape index (κ3) is 3.81. The first-order valence-corrected chi connectivity index (χ1v) is 10.2. The van der Waals surface area contributed by atoms with Crippen molar-refractivity contribution in [1.29, 1.82) is 0 Å². The summed E-state index contributed by atoms with van der Waals surface area (Å²) >= 11 is 1.73. The lowest BCUT2D eigenvalue weighted by atomic mass is 9.89. The van der Waals surface area contributed by atoms with Gasteiger partial charge in [0.25, 0.3) is 5.91 Å². The predicted molar refractivity (Wildman–Crippen MR) is 107 cm³/mol. The highest BCUT2D eigenvalue weighted by atomic mass is 32.1. The molecule has 0 bridgehead atoms. The van der Waals surface area contributed by atoms with Crippen molar-refractivity contribution >= 4 is 27.5 Å². The van der Waals surface area contributed by atoms with Crippen LogP contribution in [0.15, 0.2) is 36.7 Å². The Hall–Kier alpha value is -2.47. The number of ether oxygens (including phenoxy) is 1. The summed E-state index contributed by atoms with van der Waals surface area (Å²) in [6.07, 6.45) is 4.80. The lowest BCUT2D eigenvalue weighted by molar-refractivity contribution is -0.123. The minimum Gasteiger partial charge on any atom is -0.467 e. The molecule has 2 unspecified atom stereocenters. The van der Waals surface area contributed by atoms with Crippen LogP contribution in [-0.2, 0) is 17.6 Å². The molecule has 5 nitrogen and oxygen atoms in total. The van der Waals surface area contributed by atoms with Crippen molar-refractivity contribution in [3.63, 3.8) is 0 Å². The van der Waals surface area contributed by atoms with E-state index in [1.165, 1.54) is 23.2 Å². The van der Waals surface area contributed by atoms with E-state index < -0.39 is 0 Å². The third-order valence-corrected chi connectivity index (χ3v) is 6.24. The van der Waals surface area contributed by atoms with Gasteiger partial charge in [-0.05, 0) is 43.2 Å². The largest absolute Gasteiger partial charge is 0.467 e. The highest BCUT2D eigenvalue weighted by Gasteiger charge is 2.24. The van der Waals surface area contributed by atoms with E-state index in [-0.39, 0.29) is 18.6 Å². The van der Waals surface area contributed by atoms with Crippen molar-refractivity contribution in [3.05, 3.63) is 52.7 Å². The molecule has 1 N–H and O–H groups in total. The van der Waals surface area contributed by atoms with Crippen LogP contribution in [0.25, 0.3) is 10.2 Å². The average molecular weight is 382 g/mol. The topological polar surface area (TPSA) is 64.1 Å². The summed E-state index contributed by atoms with van der Waals surface area (Å²) in [5, 5.41) is 3.97. The van der Waals surface area contributed by atoms with Crippen LogP contribution in [0.4, 0.5) is 0 Å². The summed E-state index contributed by atoms with van der Waals surface area (Å²) in [5.41, 5.74) is 2.37. The fourth-order valence-electron chi connectivity index (χ4n) is 3.60. The van der Waals surface area contributed by atoms with Gasteiger partial charge in [0.2, 0.25) is 5.88 Å². The third-order valence-electron chi connectivity index (χ3n) is 5.07. The van der Waals surface area contributed by atoms with E-state index in [2.05, 4.69) is 22.2 Å². The minimum absolute atomic E-state index is 0.0513. The molecule has 6 heteroatoms. The highest BCUT2D eigenvalue weighted by molar-refractivity contribution is 7.18. The zero-order valence-corrected chi connectivity index (χ0v) is 16.4. The molecular formula is C21H23N3O2S. The van der Waals surface area contributed by atoms with Crippen molar-refractivity contribution in [1.82, 2.24) is 15.3 Å². The van der Waals surface area contributed by atoms with Gasteiger partial charge in [0.1, 0.15) is 11.2 Å². The predicted octanol–water partition coefficient (Wildman–Crippen LogP) is 4.07. The average Bonchev–Trinajstić information content (AvgIpc) is 3.05. The zero-order valence-electron chi connectivity index (χ0n) is 15.6. The van der Waals surface area contributed by atoms with Crippen molar-refractivity contribution in [2.75, 3.05) is 6.61 Å². The monoisotopic (exact) mass is 381 g/mol. The van der Waals surface area contributed by atoms with E-state index in [4.69, 9.17) is 4.74 Å². The van der Waals surface area contributed by atoms with Crippen LogP contribution in [0.2, 0.25) is 0 Å². The van der Waals surface area contributed by atoms with Gasteiger partial charge in [-0.1, -0.05) is 37.3 Å². The SMILES string of the molecule is CC1CCc2c(sc3ncnc(OCC(=O)NC(C)c4ccccc4)c23)C1. The Kier molecular flexibility index (Phi) is 5.07. The molecule has 1 aliphatic rings. The van der Waals surface area contributed by atoms with Crippen LogP contribution >= 0.6 is 11.3 Å². The molecule has 0 radical (unpaired) electrons. The number of hydrogen-bond acceptors (Lipinski definition) is 5. The molecule has 140 valence electrons. The van der Waals surface area contributed by atoms with Crippen molar-refractivity contribution in [3.8, 4) is 5.88 Å². The first-order valence-electron chi connectivity index (χ1n) is 9.34. The number of aryl methyl sites for hydroxylation is 1. The molecule has 2 heterocycles. The number of rotatable bonds is 5. The van der Waals surface area contributed by atoms with Crippen molar-refractivity contribution < 1.29 is 9.53 Å². The minimum atomic E-state index is -0.157. The number of carbonyl (C=O) groups is 1. The van der Waals surface area contributed by atoms with Crippen LogP contribution in [0.3, 0.4) is 0 Å². The second-order valence-electron chi connectivity index (χ2n) is 7.20. The number of carbonyl (C=O) groups excluding carboxylic acids is 1. The standard InChI is InChI=1S/C21H23N3O2S/c1-13-8-9-16-17(10-13)27-21-19(16)20(22-12-23-21)26-11-18(25)24-14(2)15-6-4-3-5-7-15/h3-7,12-14H,8-11H2,1-2H3,(H,24,25). The maximum atomic E-state index is 12.3. The second kappa shape index (κ2) is 7.64. The maximum absolute atomic E-state index is 12.3. The van der Waals surface area contributed by atoms with Gasteiger partial charge < -0.3 is 10.1 Å². The van der Waals surface area contributed by atoms with Crippen molar-refractivity contribution in [2.45, 2.75) is 39.2 Å². The summed E-state index contributed by atoms with van der Waals surface area (Å²) in [5.74, 6) is 1.07. The highest BCUT2D eigenvalue weighted by Crippen LogP contribution is 2.40. The Bertz CT molecular complexity index is 955. The first-order chi connectivity index (χ1) is 13.1. The molecule has 1 aromatic carbocycles. The van der Waals surface area contributed by atoms with E-state index in [9.17, 15) is 4.79 Å².